The van der Waals surface area contributed by atoms with Gasteiger partial charge in [-0.25, -0.2) is 4.98 Å². The quantitative estimate of drug-likeness (QED) is 0.643. The first kappa shape index (κ1) is 8.02. The highest BCUT2D eigenvalue weighted by Gasteiger charge is 1.98. The lowest BCUT2D eigenvalue weighted by atomic mass is 10.2. The minimum absolute atomic E-state index is 0.743. The highest BCUT2D eigenvalue weighted by atomic mass is 79.9. The molecule has 0 bridgehead atoms. The van der Waals surface area contributed by atoms with E-state index in [1.165, 1.54) is 0 Å². The summed E-state index contributed by atoms with van der Waals surface area (Å²) >= 11 is 9.26. The normalized spacial score (nSPS) is 10.5. The van der Waals surface area contributed by atoms with E-state index in [1.54, 1.807) is 6.20 Å². The Morgan fingerprint density at radius 2 is 2.17 bits per heavy atom. The van der Waals surface area contributed by atoms with Gasteiger partial charge in [0.1, 0.15) is 4.60 Å². The molecule has 0 atom stereocenters. The van der Waals surface area contributed by atoms with E-state index in [2.05, 4.69) is 20.9 Å². The van der Waals surface area contributed by atoms with Crippen molar-refractivity contribution in [1.82, 2.24) is 4.98 Å². The van der Waals surface area contributed by atoms with E-state index in [-0.39, 0.29) is 0 Å². The predicted octanol–water partition coefficient (Wildman–Crippen LogP) is 3.65. The van der Waals surface area contributed by atoms with Crippen LogP contribution in [0.4, 0.5) is 0 Å². The smallest absolute Gasteiger partial charge is 0.106 e. The van der Waals surface area contributed by atoms with Gasteiger partial charge in [0.05, 0.1) is 0 Å². The van der Waals surface area contributed by atoms with E-state index in [9.17, 15) is 0 Å². The Morgan fingerprint density at radius 3 is 3.00 bits per heavy atom. The molecule has 1 aromatic carbocycles. The first-order valence-corrected chi connectivity index (χ1v) is 4.64. The van der Waals surface area contributed by atoms with Crippen molar-refractivity contribution in [3.63, 3.8) is 0 Å². The third kappa shape index (κ3) is 1.32. The summed E-state index contributed by atoms with van der Waals surface area (Å²) in [6, 6.07) is 7.74. The van der Waals surface area contributed by atoms with Gasteiger partial charge in [-0.15, -0.1) is 0 Å². The SMILES string of the molecule is Clc1cccc2cc(Br)ncc12. The number of fused-ring (bicyclic) bond motifs is 1. The maximum atomic E-state index is 5.95. The zero-order chi connectivity index (χ0) is 8.55. The van der Waals surface area contributed by atoms with Gasteiger partial charge in [-0.1, -0.05) is 23.7 Å². The highest BCUT2D eigenvalue weighted by molar-refractivity contribution is 9.10. The number of hydrogen-bond donors (Lipinski definition) is 0. The lowest BCUT2D eigenvalue weighted by Gasteiger charge is -1.98. The fraction of sp³-hybridized carbons (Fsp3) is 0. The molecular formula is C9H5BrClN. The number of hydrogen-bond acceptors (Lipinski definition) is 1. The lowest BCUT2D eigenvalue weighted by Crippen LogP contribution is -1.77. The Morgan fingerprint density at radius 1 is 1.33 bits per heavy atom. The summed E-state index contributed by atoms with van der Waals surface area (Å²) in [5.41, 5.74) is 0. The second-order valence-corrected chi connectivity index (χ2v) is 3.69. The Balaban J connectivity index is 2.86. The molecule has 0 saturated heterocycles. The van der Waals surface area contributed by atoms with Gasteiger partial charge in [0.2, 0.25) is 0 Å². The summed E-state index contributed by atoms with van der Waals surface area (Å²) in [5.74, 6) is 0. The average molecular weight is 243 g/mol. The van der Waals surface area contributed by atoms with Crippen LogP contribution in [-0.4, -0.2) is 4.98 Å². The molecule has 60 valence electrons. The van der Waals surface area contributed by atoms with Crippen LogP contribution in [0.3, 0.4) is 0 Å². The van der Waals surface area contributed by atoms with Crippen molar-refractivity contribution in [3.8, 4) is 0 Å². The average Bonchev–Trinajstić information content (AvgIpc) is 2.04. The second kappa shape index (κ2) is 3.04. The third-order valence-corrected chi connectivity index (χ3v) is 2.44. The van der Waals surface area contributed by atoms with E-state index >= 15 is 0 Å². The fourth-order valence-electron chi connectivity index (χ4n) is 1.11. The molecule has 0 radical (unpaired) electrons. The van der Waals surface area contributed by atoms with Gasteiger partial charge in [-0.3, -0.25) is 0 Å². The van der Waals surface area contributed by atoms with Crippen molar-refractivity contribution < 1.29 is 0 Å². The molecule has 2 aromatic rings. The summed E-state index contributed by atoms with van der Waals surface area (Å²) in [4.78, 5) is 4.10. The van der Waals surface area contributed by atoms with E-state index in [1.807, 2.05) is 24.3 Å². The van der Waals surface area contributed by atoms with Crippen LogP contribution in [0.25, 0.3) is 10.8 Å². The van der Waals surface area contributed by atoms with E-state index in [4.69, 9.17) is 11.6 Å². The highest BCUT2D eigenvalue weighted by Crippen LogP contribution is 2.23. The van der Waals surface area contributed by atoms with Crippen LogP contribution in [0.1, 0.15) is 0 Å². The molecule has 1 aromatic heterocycles. The zero-order valence-electron chi connectivity index (χ0n) is 6.09. The Bertz CT molecular complexity index is 428. The second-order valence-electron chi connectivity index (χ2n) is 2.47. The number of pyridine rings is 1. The first-order chi connectivity index (χ1) is 5.77. The molecule has 0 aliphatic heterocycles. The zero-order valence-corrected chi connectivity index (χ0v) is 8.43. The van der Waals surface area contributed by atoms with Crippen LogP contribution >= 0.6 is 27.5 Å². The van der Waals surface area contributed by atoms with E-state index < -0.39 is 0 Å². The van der Waals surface area contributed by atoms with E-state index in [0.29, 0.717) is 0 Å². The topological polar surface area (TPSA) is 12.9 Å². The van der Waals surface area contributed by atoms with Crippen LogP contribution in [0, 0.1) is 0 Å². The predicted molar refractivity (Wildman–Crippen MR) is 54.5 cm³/mol. The molecule has 12 heavy (non-hydrogen) atoms. The molecule has 0 fully saturated rings. The van der Waals surface area contributed by atoms with Gasteiger partial charge in [-0.05, 0) is 33.4 Å². The van der Waals surface area contributed by atoms with Crippen LogP contribution in [0.5, 0.6) is 0 Å². The molecule has 0 aliphatic carbocycles. The Labute approximate surface area is 83.5 Å². The standard InChI is InChI=1S/C9H5BrClN/c10-9-4-6-2-1-3-8(11)7(6)5-12-9/h1-5H. The van der Waals surface area contributed by atoms with Crippen molar-refractivity contribution >= 4 is 38.3 Å². The van der Waals surface area contributed by atoms with Crippen molar-refractivity contribution in [1.29, 1.82) is 0 Å². The number of rotatable bonds is 0. The van der Waals surface area contributed by atoms with Gasteiger partial charge in [0.25, 0.3) is 0 Å². The van der Waals surface area contributed by atoms with Crippen LogP contribution < -0.4 is 0 Å². The Hall–Kier alpha value is -0.600. The molecule has 0 amide bonds. The Kier molecular flexibility index (Phi) is 2.03. The number of aromatic nitrogens is 1. The summed E-state index contributed by atoms with van der Waals surface area (Å²) in [7, 11) is 0. The van der Waals surface area contributed by atoms with E-state index in [0.717, 1.165) is 20.4 Å². The molecule has 3 heteroatoms. The van der Waals surface area contributed by atoms with Crippen LogP contribution in [0.2, 0.25) is 5.02 Å². The molecular weight excluding hydrogens is 237 g/mol. The molecule has 0 N–H and O–H groups in total. The lowest BCUT2D eigenvalue weighted by molar-refractivity contribution is 1.31. The number of benzene rings is 1. The number of halogens is 2. The van der Waals surface area contributed by atoms with Gasteiger partial charge < -0.3 is 0 Å². The minimum Gasteiger partial charge on any atom is -0.249 e. The van der Waals surface area contributed by atoms with Crippen molar-refractivity contribution in [2.45, 2.75) is 0 Å². The molecule has 0 unspecified atom stereocenters. The minimum atomic E-state index is 0.743. The van der Waals surface area contributed by atoms with Gasteiger partial charge in [0, 0.05) is 16.6 Å². The molecule has 1 nitrogen and oxygen atoms in total. The van der Waals surface area contributed by atoms with Gasteiger partial charge in [0.15, 0.2) is 0 Å². The maximum Gasteiger partial charge on any atom is 0.106 e. The van der Waals surface area contributed by atoms with Crippen molar-refractivity contribution in [2.24, 2.45) is 0 Å². The molecule has 0 saturated carbocycles. The largest absolute Gasteiger partial charge is 0.249 e. The summed E-state index contributed by atoms with van der Waals surface area (Å²) < 4.78 is 0.831. The summed E-state index contributed by atoms with van der Waals surface area (Å²) in [6.07, 6.45) is 1.77. The fourth-order valence-corrected chi connectivity index (χ4v) is 1.69. The number of nitrogens with zero attached hydrogens (tertiary/aromatic N) is 1. The van der Waals surface area contributed by atoms with Crippen LogP contribution in [-0.2, 0) is 0 Å². The molecule has 0 spiro atoms. The monoisotopic (exact) mass is 241 g/mol. The van der Waals surface area contributed by atoms with Crippen molar-refractivity contribution in [3.05, 3.63) is 40.1 Å². The van der Waals surface area contributed by atoms with Gasteiger partial charge in [-0.2, -0.15) is 0 Å². The molecule has 0 aliphatic rings. The maximum absolute atomic E-state index is 5.95. The van der Waals surface area contributed by atoms with Crippen LogP contribution in [0.15, 0.2) is 35.1 Å². The third-order valence-electron chi connectivity index (χ3n) is 1.68. The summed E-state index contributed by atoms with van der Waals surface area (Å²) in [6.45, 7) is 0. The molecule has 1 heterocycles. The van der Waals surface area contributed by atoms with Gasteiger partial charge >= 0.3 is 0 Å². The molecule has 2 rings (SSSR count). The summed E-state index contributed by atoms with van der Waals surface area (Å²) in [5, 5.41) is 2.83. The first-order valence-electron chi connectivity index (χ1n) is 3.47. The van der Waals surface area contributed by atoms with Crippen molar-refractivity contribution in [2.75, 3.05) is 0 Å².